The number of nitrogens with zero attached hydrogens (tertiary/aromatic N) is 2. The molecule has 0 aliphatic carbocycles. The zero-order valence-corrected chi connectivity index (χ0v) is 17.7. The standard InChI is InChI=1S/C19H29N4O5S/c1-13(18(20)26)7-8-16(25)22-14-10-19(2,3)12-23(11-15(14)24)29(27,28)17-6-4-5-9-21-17/h4-6,8-9,13-15,24H,7,10-12H2,1-3H3,(H2,20,26)(H,22,25)/t13?,14?,15-/m0/s1. The first-order valence-corrected chi connectivity index (χ1v) is 10.9. The quantitative estimate of drug-likeness (QED) is 0.564. The normalized spacial score (nSPS) is 23.7. The number of carbonyl (C=O) groups excluding carboxylic acids is 2. The van der Waals surface area contributed by atoms with Crippen LogP contribution in [0.3, 0.4) is 0 Å². The van der Waals surface area contributed by atoms with Crippen molar-refractivity contribution < 1.29 is 23.1 Å². The highest BCUT2D eigenvalue weighted by molar-refractivity contribution is 7.89. The number of nitrogens with one attached hydrogen (secondary N) is 1. The number of nitrogens with two attached hydrogens (primary N) is 1. The number of amides is 2. The van der Waals surface area contributed by atoms with E-state index >= 15 is 0 Å². The molecule has 0 bridgehead atoms. The molecule has 4 N–H and O–H groups in total. The van der Waals surface area contributed by atoms with E-state index in [9.17, 15) is 23.1 Å². The first-order chi connectivity index (χ1) is 13.4. The fourth-order valence-corrected chi connectivity index (χ4v) is 4.86. The van der Waals surface area contributed by atoms with Gasteiger partial charge in [0, 0.05) is 25.2 Å². The van der Waals surface area contributed by atoms with Crippen molar-refractivity contribution in [2.24, 2.45) is 17.1 Å². The molecule has 1 saturated heterocycles. The summed E-state index contributed by atoms with van der Waals surface area (Å²) in [7, 11) is -3.88. The summed E-state index contributed by atoms with van der Waals surface area (Å²) in [5.74, 6) is -1.41. The molecule has 1 aliphatic rings. The molecule has 0 spiro atoms. The van der Waals surface area contributed by atoms with Gasteiger partial charge in [0.1, 0.15) is 0 Å². The molecule has 1 aliphatic heterocycles. The summed E-state index contributed by atoms with van der Waals surface area (Å²) in [6.07, 6.45) is 2.20. The molecule has 2 heterocycles. The van der Waals surface area contributed by atoms with Gasteiger partial charge in [-0.3, -0.25) is 9.59 Å². The molecule has 3 atom stereocenters. The van der Waals surface area contributed by atoms with Gasteiger partial charge >= 0.3 is 0 Å². The van der Waals surface area contributed by atoms with Crippen LogP contribution in [0.2, 0.25) is 0 Å². The van der Waals surface area contributed by atoms with E-state index in [1.807, 2.05) is 13.8 Å². The third-order valence-corrected chi connectivity index (χ3v) is 6.67. The summed E-state index contributed by atoms with van der Waals surface area (Å²) < 4.78 is 27.1. The van der Waals surface area contributed by atoms with Gasteiger partial charge in [0.05, 0.1) is 18.6 Å². The van der Waals surface area contributed by atoms with Gasteiger partial charge in [-0.05, 0) is 30.4 Å². The molecule has 0 saturated carbocycles. The highest BCUT2D eigenvalue weighted by atomic mass is 32.2. The van der Waals surface area contributed by atoms with Gasteiger partial charge in [-0.1, -0.05) is 26.8 Å². The monoisotopic (exact) mass is 425 g/mol. The maximum Gasteiger partial charge on any atom is 0.260 e. The molecule has 9 nitrogen and oxygen atoms in total. The van der Waals surface area contributed by atoms with Crippen molar-refractivity contribution in [2.45, 2.75) is 50.8 Å². The van der Waals surface area contributed by atoms with E-state index in [0.29, 0.717) is 6.42 Å². The molecule has 2 unspecified atom stereocenters. The van der Waals surface area contributed by atoms with Crippen molar-refractivity contribution in [3.8, 4) is 0 Å². The van der Waals surface area contributed by atoms with Crippen molar-refractivity contribution in [2.75, 3.05) is 13.1 Å². The maximum absolute atomic E-state index is 13.0. The smallest absolute Gasteiger partial charge is 0.260 e. The van der Waals surface area contributed by atoms with E-state index in [4.69, 9.17) is 5.73 Å². The predicted octanol–water partition coefficient (Wildman–Crippen LogP) is 0.0637. The number of rotatable bonds is 7. The number of hydrogen-bond acceptors (Lipinski definition) is 6. The van der Waals surface area contributed by atoms with E-state index in [0.717, 1.165) is 0 Å². The minimum Gasteiger partial charge on any atom is -0.390 e. The van der Waals surface area contributed by atoms with Gasteiger partial charge in [0.15, 0.2) is 5.03 Å². The Labute approximate surface area is 171 Å². The third-order valence-electron chi connectivity index (χ3n) is 4.94. The van der Waals surface area contributed by atoms with E-state index < -0.39 is 45.3 Å². The van der Waals surface area contributed by atoms with Crippen LogP contribution in [-0.4, -0.2) is 59.9 Å². The van der Waals surface area contributed by atoms with Crippen molar-refractivity contribution in [1.29, 1.82) is 0 Å². The van der Waals surface area contributed by atoms with E-state index in [-0.39, 0.29) is 24.5 Å². The molecule has 2 amide bonds. The predicted molar refractivity (Wildman–Crippen MR) is 107 cm³/mol. The van der Waals surface area contributed by atoms with E-state index in [2.05, 4.69) is 10.3 Å². The minimum absolute atomic E-state index is 0.0840. The Bertz CT molecular complexity index is 828. The fourth-order valence-electron chi connectivity index (χ4n) is 3.28. The fraction of sp³-hybridized carbons (Fsp3) is 0.579. The zero-order valence-electron chi connectivity index (χ0n) is 16.9. The number of aliphatic hydroxyl groups excluding tert-OH is 1. The molecule has 0 aromatic carbocycles. The van der Waals surface area contributed by atoms with Crippen LogP contribution in [0.15, 0.2) is 29.4 Å². The molecule has 29 heavy (non-hydrogen) atoms. The van der Waals surface area contributed by atoms with Crippen molar-refractivity contribution in [3.05, 3.63) is 30.8 Å². The maximum atomic E-state index is 13.0. The second kappa shape index (κ2) is 9.19. The second-order valence-electron chi connectivity index (χ2n) is 8.26. The summed E-state index contributed by atoms with van der Waals surface area (Å²) in [4.78, 5) is 27.3. The van der Waals surface area contributed by atoms with Crippen LogP contribution in [-0.2, 0) is 19.6 Å². The highest BCUT2D eigenvalue weighted by Gasteiger charge is 2.40. The summed E-state index contributed by atoms with van der Waals surface area (Å²) in [5, 5.41) is 13.3. The molecule has 1 aromatic heterocycles. The van der Waals surface area contributed by atoms with Crippen LogP contribution >= 0.6 is 0 Å². The lowest BCUT2D eigenvalue weighted by Gasteiger charge is -2.29. The lowest BCUT2D eigenvalue weighted by atomic mass is 9.85. The summed E-state index contributed by atoms with van der Waals surface area (Å²) >= 11 is 0. The summed E-state index contributed by atoms with van der Waals surface area (Å²) in [6.45, 7) is 5.40. The molecule has 161 valence electrons. The van der Waals surface area contributed by atoms with Crippen LogP contribution in [0.25, 0.3) is 0 Å². The van der Waals surface area contributed by atoms with E-state index in [1.54, 1.807) is 19.1 Å². The first kappa shape index (κ1) is 23.2. The van der Waals surface area contributed by atoms with Crippen molar-refractivity contribution in [1.82, 2.24) is 14.6 Å². The number of sulfonamides is 1. The Morgan fingerprint density at radius 3 is 2.72 bits per heavy atom. The van der Waals surface area contributed by atoms with E-state index in [1.165, 1.54) is 23.0 Å². The molecule has 1 fully saturated rings. The second-order valence-corrected chi connectivity index (χ2v) is 10.1. The van der Waals surface area contributed by atoms with Gasteiger partial charge in [-0.15, -0.1) is 0 Å². The largest absolute Gasteiger partial charge is 0.390 e. The number of aliphatic hydroxyl groups is 1. The van der Waals surface area contributed by atoms with Gasteiger partial charge < -0.3 is 16.2 Å². The average molecular weight is 426 g/mol. The number of β-amino-alcohol motifs (C(OH)–C–C–N with tert-alkyl or cyclic N) is 1. The molecule has 10 heteroatoms. The van der Waals surface area contributed by atoms with Crippen LogP contribution in [0, 0.1) is 17.8 Å². The number of aromatic nitrogens is 1. The lowest BCUT2D eigenvalue weighted by molar-refractivity contribution is -0.121. The van der Waals surface area contributed by atoms with Crippen LogP contribution in [0.4, 0.5) is 0 Å². The topological polar surface area (TPSA) is 143 Å². The van der Waals surface area contributed by atoms with Crippen molar-refractivity contribution >= 4 is 21.8 Å². The Balaban J connectivity index is 2.12. The Morgan fingerprint density at radius 2 is 2.14 bits per heavy atom. The molecule has 1 aromatic rings. The molecule has 2 rings (SSSR count). The zero-order chi connectivity index (χ0) is 21.8. The molecular formula is C19H29N4O5S. The van der Waals surface area contributed by atoms with Gasteiger partial charge in [-0.2, -0.15) is 4.31 Å². The summed E-state index contributed by atoms with van der Waals surface area (Å²) in [6, 6.07) is 3.99. The third kappa shape index (κ3) is 6.22. The number of carbonyl (C=O) groups is 2. The molecule has 1 radical (unpaired) electrons. The van der Waals surface area contributed by atoms with Gasteiger partial charge in [-0.25, -0.2) is 13.4 Å². The minimum atomic E-state index is -3.88. The number of primary amides is 1. The SMILES string of the molecule is CC(C[CH]C(=O)NC1CC(C)(C)CN(S(=O)(=O)c2ccccn2)C[C@@H]1O)C(N)=O. The number of pyridine rings is 1. The number of hydrogen-bond donors (Lipinski definition) is 3. The summed E-state index contributed by atoms with van der Waals surface area (Å²) in [5.41, 5.74) is 4.69. The van der Waals surface area contributed by atoms with Gasteiger partial charge in [0.25, 0.3) is 10.0 Å². The van der Waals surface area contributed by atoms with Crippen LogP contribution in [0.5, 0.6) is 0 Å². The first-order valence-electron chi connectivity index (χ1n) is 9.44. The van der Waals surface area contributed by atoms with Crippen LogP contribution < -0.4 is 11.1 Å². The molecular weight excluding hydrogens is 396 g/mol. The van der Waals surface area contributed by atoms with Crippen LogP contribution in [0.1, 0.15) is 33.6 Å². The lowest BCUT2D eigenvalue weighted by Crippen LogP contribution is -2.47. The van der Waals surface area contributed by atoms with Gasteiger partial charge in [0.2, 0.25) is 11.8 Å². The van der Waals surface area contributed by atoms with Crippen molar-refractivity contribution in [3.63, 3.8) is 0 Å². The highest BCUT2D eigenvalue weighted by Crippen LogP contribution is 2.31. The average Bonchev–Trinajstić information content (AvgIpc) is 2.76. The Hall–Kier alpha value is -2.04. The Morgan fingerprint density at radius 1 is 1.45 bits per heavy atom. The Kier molecular flexibility index (Phi) is 7.36.